The number of aromatic nitrogens is 2. The molecule has 1 rings (SSSR count). The molecule has 0 amide bonds. The Balaban J connectivity index is 2.57. The molecule has 0 aliphatic rings. The van der Waals surface area contributed by atoms with Crippen molar-refractivity contribution < 1.29 is 4.74 Å². The summed E-state index contributed by atoms with van der Waals surface area (Å²) in [6, 6.07) is -0.0286. The molecule has 0 spiro atoms. The van der Waals surface area contributed by atoms with Gasteiger partial charge in [0.25, 0.3) is 5.56 Å². The Hall–Kier alpha value is -1.40. The Bertz CT molecular complexity index is 431. The second kappa shape index (κ2) is 7.91. The molecule has 0 radical (unpaired) electrons. The van der Waals surface area contributed by atoms with Crippen molar-refractivity contribution in [2.75, 3.05) is 25.6 Å². The first-order chi connectivity index (χ1) is 9.04. The number of ether oxygens (including phenoxy) is 1. The quantitative estimate of drug-likeness (QED) is 0.724. The number of hydrogen-bond acceptors (Lipinski definition) is 5. The summed E-state index contributed by atoms with van der Waals surface area (Å²) in [6.45, 7) is 5.96. The van der Waals surface area contributed by atoms with Crippen LogP contribution in [0.5, 0.6) is 0 Å². The minimum absolute atomic E-state index is 0.0286. The normalized spacial score (nSPS) is 12.7. The zero-order chi connectivity index (χ0) is 14.3. The van der Waals surface area contributed by atoms with Gasteiger partial charge in [-0.3, -0.25) is 4.79 Å². The highest BCUT2D eigenvalue weighted by Gasteiger charge is 2.07. The third-order valence-corrected chi connectivity index (χ3v) is 2.66. The van der Waals surface area contributed by atoms with Crippen LogP contribution in [0.1, 0.15) is 20.3 Å². The van der Waals surface area contributed by atoms with Crippen LogP contribution in [0.4, 0.5) is 5.82 Å². The maximum Gasteiger partial charge on any atom is 0.293 e. The number of nitrogens with zero attached hydrogens (tertiary/aromatic N) is 2. The summed E-state index contributed by atoms with van der Waals surface area (Å²) in [5.74, 6) is 0.802. The monoisotopic (exact) mass is 268 g/mol. The van der Waals surface area contributed by atoms with Crippen molar-refractivity contribution >= 4 is 5.82 Å². The van der Waals surface area contributed by atoms with Gasteiger partial charge in [-0.1, -0.05) is 13.8 Å². The van der Waals surface area contributed by atoms with E-state index in [1.165, 1.54) is 0 Å². The van der Waals surface area contributed by atoms with Gasteiger partial charge >= 0.3 is 0 Å². The largest absolute Gasteiger partial charge is 0.383 e. The standard InChI is InChI=1S/C13H24N4O2/c1-10(2)8-17-7-6-16-12(13(17)18)15-5-4-11(14)9-19-3/h6-7,10-11H,4-5,8-9,14H2,1-3H3,(H,15,16). The van der Waals surface area contributed by atoms with Gasteiger partial charge in [-0.25, -0.2) is 4.98 Å². The number of anilines is 1. The van der Waals surface area contributed by atoms with Crippen LogP contribution >= 0.6 is 0 Å². The Morgan fingerprint density at radius 1 is 1.53 bits per heavy atom. The van der Waals surface area contributed by atoms with Crippen molar-refractivity contribution in [2.45, 2.75) is 32.9 Å². The van der Waals surface area contributed by atoms with E-state index >= 15 is 0 Å². The van der Waals surface area contributed by atoms with Gasteiger partial charge in [0, 0.05) is 38.6 Å². The first-order valence-corrected chi connectivity index (χ1v) is 6.58. The molecular weight excluding hydrogens is 244 g/mol. The molecule has 1 aromatic rings. The molecule has 0 saturated carbocycles. The number of rotatable bonds is 8. The average Bonchev–Trinajstić information content (AvgIpc) is 2.33. The van der Waals surface area contributed by atoms with E-state index in [2.05, 4.69) is 24.1 Å². The SMILES string of the molecule is COCC(N)CCNc1nccn(CC(C)C)c1=O. The fourth-order valence-corrected chi connectivity index (χ4v) is 1.78. The molecule has 6 nitrogen and oxygen atoms in total. The summed E-state index contributed by atoms with van der Waals surface area (Å²) in [5, 5.41) is 3.04. The zero-order valence-corrected chi connectivity index (χ0v) is 11.9. The van der Waals surface area contributed by atoms with Gasteiger partial charge in [-0.15, -0.1) is 0 Å². The molecule has 6 heteroatoms. The minimum Gasteiger partial charge on any atom is -0.383 e. The van der Waals surface area contributed by atoms with E-state index < -0.39 is 0 Å². The van der Waals surface area contributed by atoms with Crippen molar-refractivity contribution in [1.82, 2.24) is 9.55 Å². The summed E-state index contributed by atoms with van der Waals surface area (Å²) in [4.78, 5) is 16.2. The number of nitrogens with two attached hydrogens (primary N) is 1. The van der Waals surface area contributed by atoms with E-state index in [1.54, 1.807) is 24.1 Å². The molecule has 0 bridgehead atoms. The molecule has 1 unspecified atom stereocenters. The Morgan fingerprint density at radius 2 is 2.26 bits per heavy atom. The van der Waals surface area contributed by atoms with Crippen LogP contribution in [-0.4, -0.2) is 35.9 Å². The summed E-state index contributed by atoms with van der Waals surface area (Å²) in [7, 11) is 1.62. The fourth-order valence-electron chi connectivity index (χ4n) is 1.78. The average molecular weight is 268 g/mol. The van der Waals surface area contributed by atoms with Crippen LogP contribution in [0.2, 0.25) is 0 Å². The molecule has 0 saturated heterocycles. The molecule has 19 heavy (non-hydrogen) atoms. The van der Waals surface area contributed by atoms with Crippen molar-refractivity contribution in [3.05, 3.63) is 22.7 Å². The fraction of sp³-hybridized carbons (Fsp3) is 0.692. The van der Waals surface area contributed by atoms with E-state index in [-0.39, 0.29) is 11.6 Å². The molecule has 0 aliphatic carbocycles. The Labute approximate surface area is 114 Å². The first kappa shape index (κ1) is 15.7. The maximum atomic E-state index is 12.1. The van der Waals surface area contributed by atoms with Crippen LogP contribution in [-0.2, 0) is 11.3 Å². The molecule has 1 heterocycles. The lowest BCUT2D eigenvalue weighted by atomic mass is 10.2. The topological polar surface area (TPSA) is 82.2 Å². The number of methoxy groups -OCH3 is 1. The van der Waals surface area contributed by atoms with E-state index in [4.69, 9.17) is 10.5 Å². The number of hydrogen-bond donors (Lipinski definition) is 2. The lowest BCUT2D eigenvalue weighted by molar-refractivity contribution is 0.178. The van der Waals surface area contributed by atoms with Crippen molar-refractivity contribution in [1.29, 1.82) is 0 Å². The summed E-state index contributed by atoms with van der Waals surface area (Å²) in [5.41, 5.74) is 5.73. The zero-order valence-electron chi connectivity index (χ0n) is 11.9. The lowest BCUT2D eigenvalue weighted by Gasteiger charge is -2.12. The molecule has 0 aliphatic heterocycles. The highest BCUT2D eigenvalue weighted by atomic mass is 16.5. The Kier molecular flexibility index (Phi) is 6.52. The Morgan fingerprint density at radius 3 is 2.89 bits per heavy atom. The van der Waals surface area contributed by atoms with Crippen LogP contribution < -0.4 is 16.6 Å². The minimum atomic E-state index is -0.0866. The maximum absolute atomic E-state index is 12.1. The van der Waals surface area contributed by atoms with Gasteiger partial charge in [0.05, 0.1) is 6.61 Å². The van der Waals surface area contributed by atoms with E-state index in [0.717, 1.165) is 6.42 Å². The molecule has 0 aromatic carbocycles. The van der Waals surface area contributed by atoms with Gasteiger partial charge in [0.1, 0.15) is 0 Å². The molecule has 3 N–H and O–H groups in total. The van der Waals surface area contributed by atoms with Gasteiger partial charge in [0.2, 0.25) is 0 Å². The van der Waals surface area contributed by atoms with Gasteiger partial charge in [-0.05, 0) is 12.3 Å². The molecular formula is C13H24N4O2. The summed E-state index contributed by atoms with van der Waals surface area (Å²) in [6.07, 6.45) is 4.08. The second-order valence-corrected chi connectivity index (χ2v) is 5.06. The third-order valence-electron chi connectivity index (χ3n) is 2.66. The molecule has 0 fully saturated rings. The van der Waals surface area contributed by atoms with Gasteiger partial charge < -0.3 is 20.4 Å². The van der Waals surface area contributed by atoms with Crippen LogP contribution in [0.25, 0.3) is 0 Å². The van der Waals surface area contributed by atoms with Crippen LogP contribution in [0.15, 0.2) is 17.2 Å². The van der Waals surface area contributed by atoms with Crippen molar-refractivity contribution in [3.8, 4) is 0 Å². The van der Waals surface area contributed by atoms with E-state index in [1.807, 2.05) is 0 Å². The van der Waals surface area contributed by atoms with Gasteiger partial charge in [-0.2, -0.15) is 0 Å². The number of nitrogens with one attached hydrogen (secondary N) is 1. The summed E-state index contributed by atoms with van der Waals surface area (Å²) >= 11 is 0. The third kappa shape index (κ3) is 5.40. The van der Waals surface area contributed by atoms with Crippen molar-refractivity contribution in [3.63, 3.8) is 0 Å². The lowest BCUT2D eigenvalue weighted by Crippen LogP contribution is -2.30. The summed E-state index contributed by atoms with van der Waals surface area (Å²) < 4.78 is 6.63. The highest BCUT2D eigenvalue weighted by molar-refractivity contribution is 5.30. The second-order valence-electron chi connectivity index (χ2n) is 5.06. The van der Waals surface area contributed by atoms with Crippen LogP contribution in [0, 0.1) is 5.92 Å². The van der Waals surface area contributed by atoms with Gasteiger partial charge in [0.15, 0.2) is 5.82 Å². The highest BCUT2D eigenvalue weighted by Crippen LogP contribution is 1.99. The van der Waals surface area contributed by atoms with Crippen molar-refractivity contribution in [2.24, 2.45) is 11.7 Å². The molecule has 1 atom stereocenters. The predicted octanol–water partition coefficient (Wildman–Crippen LogP) is 0.675. The van der Waals surface area contributed by atoms with E-state index in [9.17, 15) is 4.79 Å². The smallest absolute Gasteiger partial charge is 0.293 e. The molecule has 1 aromatic heterocycles. The molecule has 108 valence electrons. The van der Waals surface area contributed by atoms with E-state index in [0.29, 0.717) is 31.4 Å². The predicted molar refractivity (Wildman–Crippen MR) is 76.3 cm³/mol. The van der Waals surface area contributed by atoms with Crippen LogP contribution in [0.3, 0.4) is 0 Å². The first-order valence-electron chi connectivity index (χ1n) is 6.58.